The fourth-order valence-corrected chi connectivity index (χ4v) is 5.51. The van der Waals surface area contributed by atoms with Gasteiger partial charge in [0.05, 0.1) is 32.4 Å². The molecule has 2 aromatic carbocycles. The van der Waals surface area contributed by atoms with Gasteiger partial charge >= 0.3 is 0 Å². The summed E-state index contributed by atoms with van der Waals surface area (Å²) in [6.07, 6.45) is 14.4. The molecule has 268 valence electrons. The number of hydrogen-bond donors (Lipinski definition) is 0. The summed E-state index contributed by atoms with van der Waals surface area (Å²) < 4.78 is 16.5. The van der Waals surface area contributed by atoms with Gasteiger partial charge in [-0.05, 0) is 92.3 Å². The van der Waals surface area contributed by atoms with Gasteiger partial charge in [-0.25, -0.2) is 9.97 Å². The van der Waals surface area contributed by atoms with Crippen molar-refractivity contribution in [3.8, 4) is 5.75 Å². The largest absolute Gasteiger partial charge is 0.497 e. The first-order chi connectivity index (χ1) is 25.0. The highest BCUT2D eigenvalue weighted by Gasteiger charge is 2.24. The second-order valence-corrected chi connectivity index (χ2v) is 11.9. The van der Waals surface area contributed by atoms with Crippen LogP contribution in [0.15, 0.2) is 109 Å². The number of carbonyl (C=O) groups is 2. The Kier molecular flexibility index (Phi) is 16.1. The first kappa shape index (κ1) is 38.7. The monoisotopic (exact) mass is 690 g/mol. The lowest BCUT2D eigenvalue weighted by Gasteiger charge is -2.23. The molecule has 2 amide bonds. The van der Waals surface area contributed by atoms with Crippen molar-refractivity contribution in [2.45, 2.75) is 58.7 Å². The maximum atomic E-state index is 12.7. The maximum Gasteiger partial charge on any atom is 0.252 e. The number of anilines is 2. The van der Waals surface area contributed by atoms with Crippen LogP contribution < -0.4 is 14.5 Å². The van der Waals surface area contributed by atoms with Crippen LogP contribution in [-0.4, -0.2) is 67.4 Å². The predicted molar refractivity (Wildman–Crippen MR) is 205 cm³/mol. The lowest BCUT2D eigenvalue weighted by atomic mass is 10.1. The van der Waals surface area contributed by atoms with Crippen LogP contribution in [-0.2, 0) is 19.1 Å². The van der Waals surface area contributed by atoms with Crippen LogP contribution in [0.2, 0.25) is 0 Å². The second kappa shape index (κ2) is 21.2. The predicted octanol–water partition coefficient (Wildman–Crippen LogP) is 7.96. The fourth-order valence-electron chi connectivity index (χ4n) is 5.51. The van der Waals surface area contributed by atoms with E-state index >= 15 is 0 Å². The molecule has 2 aromatic heterocycles. The van der Waals surface area contributed by atoms with Crippen molar-refractivity contribution >= 4 is 35.6 Å². The minimum absolute atomic E-state index is 0.0698. The Morgan fingerprint density at radius 3 is 1.53 bits per heavy atom. The number of pyridine rings is 2. The SMILES string of the molecule is CC.COc1ccc(/C=C/C(=O)N(CC2CCCO2)c2ccccn2)cc1.Cc1ccc(/C=C/C(=O)N(CC2CCCO2)c2ccccn2)cc1. The third-order valence-corrected chi connectivity index (χ3v) is 8.23. The molecule has 9 nitrogen and oxygen atoms in total. The molecule has 0 spiro atoms. The summed E-state index contributed by atoms with van der Waals surface area (Å²) in [5.74, 6) is 1.90. The molecule has 2 aliphatic rings. The number of hydrogen-bond acceptors (Lipinski definition) is 7. The zero-order valence-electron chi connectivity index (χ0n) is 30.2. The highest BCUT2D eigenvalue weighted by Crippen LogP contribution is 2.20. The number of rotatable bonds is 11. The van der Waals surface area contributed by atoms with Gasteiger partial charge < -0.3 is 14.2 Å². The Balaban J connectivity index is 0.000000218. The van der Waals surface area contributed by atoms with Crippen molar-refractivity contribution in [2.24, 2.45) is 0 Å². The topological polar surface area (TPSA) is 94.1 Å². The average Bonchev–Trinajstić information content (AvgIpc) is 3.92. The van der Waals surface area contributed by atoms with Crippen molar-refractivity contribution in [1.82, 2.24) is 9.97 Å². The van der Waals surface area contributed by atoms with E-state index in [1.165, 1.54) is 5.56 Å². The Hall–Kier alpha value is -5.12. The molecule has 0 bridgehead atoms. The van der Waals surface area contributed by atoms with Crippen molar-refractivity contribution in [1.29, 1.82) is 0 Å². The normalized spacial score (nSPS) is 16.5. The number of carbonyl (C=O) groups excluding carboxylic acids is 2. The number of methoxy groups -OCH3 is 1. The van der Waals surface area contributed by atoms with Crippen LogP contribution in [0.4, 0.5) is 11.6 Å². The van der Waals surface area contributed by atoms with Crippen LogP contribution in [0.1, 0.15) is 56.2 Å². The zero-order chi connectivity index (χ0) is 36.3. The number of nitrogens with zero attached hydrogens (tertiary/aromatic N) is 4. The van der Waals surface area contributed by atoms with Gasteiger partial charge in [0, 0.05) is 37.8 Å². The van der Waals surface area contributed by atoms with Gasteiger partial charge in [0.15, 0.2) is 0 Å². The molecule has 2 aliphatic heterocycles. The van der Waals surface area contributed by atoms with E-state index in [0.717, 1.165) is 55.8 Å². The molecule has 0 aliphatic carbocycles. The minimum Gasteiger partial charge on any atom is -0.497 e. The van der Waals surface area contributed by atoms with Crippen molar-refractivity contribution in [2.75, 3.05) is 43.2 Å². The van der Waals surface area contributed by atoms with E-state index in [4.69, 9.17) is 14.2 Å². The fraction of sp³-hybridized carbons (Fsp3) is 0.333. The summed E-state index contributed by atoms with van der Waals surface area (Å²) in [5.41, 5.74) is 3.14. The summed E-state index contributed by atoms with van der Waals surface area (Å²) in [5, 5.41) is 0. The van der Waals surface area contributed by atoms with Gasteiger partial charge in [0.1, 0.15) is 17.4 Å². The van der Waals surface area contributed by atoms with E-state index in [9.17, 15) is 9.59 Å². The molecule has 6 rings (SSSR count). The van der Waals surface area contributed by atoms with E-state index in [-0.39, 0.29) is 24.0 Å². The molecule has 2 fully saturated rings. The quantitative estimate of drug-likeness (QED) is 0.148. The number of ether oxygens (including phenoxy) is 3. The van der Waals surface area contributed by atoms with E-state index in [1.54, 1.807) is 47.5 Å². The molecule has 0 radical (unpaired) electrons. The molecule has 2 unspecified atom stereocenters. The number of aryl methyl sites for hydroxylation is 1. The lowest BCUT2D eigenvalue weighted by Crippen LogP contribution is -2.37. The Labute approximate surface area is 302 Å². The first-order valence-electron chi connectivity index (χ1n) is 17.7. The minimum atomic E-state index is -0.106. The smallest absolute Gasteiger partial charge is 0.252 e. The summed E-state index contributed by atoms with van der Waals surface area (Å²) in [6, 6.07) is 26.8. The van der Waals surface area contributed by atoms with Crippen LogP contribution >= 0.6 is 0 Å². The Morgan fingerprint density at radius 1 is 0.706 bits per heavy atom. The summed E-state index contributed by atoms with van der Waals surface area (Å²) in [6.45, 7) is 8.63. The third kappa shape index (κ3) is 12.6. The molecular weight excluding hydrogens is 640 g/mol. The number of benzene rings is 2. The molecule has 4 aromatic rings. The lowest BCUT2D eigenvalue weighted by molar-refractivity contribution is -0.115. The Morgan fingerprint density at radius 2 is 1.16 bits per heavy atom. The van der Waals surface area contributed by atoms with E-state index in [0.29, 0.717) is 24.7 Å². The van der Waals surface area contributed by atoms with E-state index in [1.807, 2.05) is 112 Å². The molecule has 0 saturated carbocycles. The highest BCUT2D eigenvalue weighted by molar-refractivity contribution is 6.04. The molecular formula is C42H50N4O5. The number of aromatic nitrogens is 2. The average molecular weight is 691 g/mol. The van der Waals surface area contributed by atoms with Crippen molar-refractivity contribution in [3.05, 3.63) is 126 Å². The maximum absolute atomic E-state index is 12.7. The molecule has 51 heavy (non-hydrogen) atoms. The van der Waals surface area contributed by atoms with Crippen molar-refractivity contribution in [3.63, 3.8) is 0 Å². The van der Waals surface area contributed by atoms with Gasteiger partial charge in [0.25, 0.3) is 11.8 Å². The molecule has 9 heteroatoms. The summed E-state index contributed by atoms with van der Waals surface area (Å²) >= 11 is 0. The molecule has 2 saturated heterocycles. The van der Waals surface area contributed by atoms with Gasteiger partial charge in [-0.15, -0.1) is 0 Å². The molecule has 2 atom stereocenters. The van der Waals surface area contributed by atoms with E-state index < -0.39 is 0 Å². The van der Waals surface area contributed by atoms with E-state index in [2.05, 4.69) is 9.97 Å². The Bertz CT molecular complexity index is 1650. The van der Waals surface area contributed by atoms with Crippen LogP contribution in [0, 0.1) is 6.92 Å². The standard InChI is InChI=1S/C20H22N2O3.C20H22N2O2.C2H6/c1-24-17-10-7-16(8-11-17)9-12-20(23)22(15-18-5-4-14-25-18)19-6-2-3-13-21-19;1-16-7-9-17(10-8-16)11-12-20(23)22(15-18-5-4-14-24-18)19-6-2-3-13-21-19;1-2/h2-3,6-13,18H,4-5,14-15H2,1H3;2-3,6-13,18H,4-5,14-15H2,1H3;1-2H3/b12-9+;12-11+;. The van der Waals surface area contributed by atoms with Crippen LogP contribution in [0.5, 0.6) is 5.75 Å². The van der Waals surface area contributed by atoms with Crippen LogP contribution in [0.25, 0.3) is 12.2 Å². The van der Waals surface area contributed by atoms with Crippen molar-refractivity contribution < 1.29 is 23.8 Å². The van der Waals surface area contributed by atoms with Gasteiger partial charge in [-0.3, -0.25) is 19.4 Å². The third-order valence-electron chi connectivity index (χ3n) is 8.23. The summed E-state index contributed by atoms with van der Waals surface area (Å²) in [4.78, 5) is 37.5. The number of amides is 2. The van der Waals surface area contributed by atoms with Gasteiger partial charge in [-0.1, -0.05) is 67.9 Å². The highest BCUT2D eigenvalue weighted by atomic mass is 16.5. The molecule has 0 N–H and O–H groups in total. The zero-order valence-corrected chi connectivity index (χ0v) is 30.2. The van der Waals surface area contributed by atoms with Gasteiger partial charge in [-0.2, -0.15) is 0 Å². The second-order valence-electron chi connectivity index (χ2n) is 11.9. The van der Waals surface area contributed by atoms with Crippen LogP contribution in [0.3, 0.4) is 0 Å². The van der Waals surface area contributed by atoms with Gasteiger partial charge in [0.2, 0.25) is 0 Å². The summed E-state index contributed by atoms with van der Waals surface area (Å²) in [7, 11) is 1.63. The first-order valence-corrected chi connectivity index (χ1v) is 17.7. The molecule has 4 heterocycles.